The third-order valence-electron chi connectivity index (χ3n) is 4.25. The number of alkyl halides is 3. The summed E-state index contributed by atoms with van der Waals surface area (Å²) in [4.78, 5) is 35.9. The maximum atomic E-state index is 12.6. The van der Waals surface area contributed by atoms with Gasteiger partial charge >= 0.3 is 6.18 Å². The monoisotopic (exact) mass is 457 g/mol. The maximum absolute atomic E-state index is 12.6. The molecule has 0 spiro atoms. The van der Waals surface area contributed by atoms with Crippen molar-refractivity contribution in [2.75, 3.05) is 18.5 Å². The molecule has 31 heavy (non-hydrogen) atoms. The summed E-state index contributed by atoms with van der Waals surface area (Å²) in [5, 5.41) is 5.00. The lowest BCUT2D eigenvalue weighted by Gasteiger charge is -2.11. The molecule has 0 bridgehead atoms. The zero-order chi connectivity index (χ0) is 22.6. The Morgan fingerprint density at radius 2 is 2.00 bits per heavy atom. The van der Waals surface area contributed by atoms with Crippen molar-refractivity contribution < 1.29 is 27.5 Å². The molecule has 1 saturated carbocycles. The minimum atomic E-state index is -4.54. The predicted octanol–water partition coefficient (Wildman–Crippen LogP) is 3.40. The van der Waals surface area contributed by atoms with Crippen molar-refractivity contribution in [3.63, 3.8) is 0 Å². The fraction of sp³-hybridized carbons (Fsp3) is 0.421. The number of aromatic nitrogens is 3. The summed E-state index contributed by atoms with van der Waals surface area (Å²) < 4.78 is 43.1. The van der Waals surface area contributed by atoms with E-state index in [1.807, 2.05) is 0 Å². The number of hydrogen-bond acceptors (Lipinski definition) is 6. The summed E-state index contributed by atoms with van der Waals surface area (Å²) in [7, 11) is 0. The zero-order valence-corrected chi connectivity index (χ0v) is 17.2. The van der Waals surface area contributed by atoms with Crippen LogP contribution in [0.4, 0.5) is 19.1 Å². The topological polar surface area (TPSA) is 106 Å². The average molecular weight is 458 g/mol. The molecule has 2 aromatic heterocycles. The van der Waals surface area contributed by atoms with Gasteiger partial charge in [0.05, 0.1) is 12.2 Å². The van der Waals surface area contributed by atoms with Crippen LogP contribution in [-0.4, -0.2) is 39.9 Å². The number of ether oxygens (including phenoxy) is 1. The average Bonchev–Trinajstić information content (AvgIpc) is 3.52. The Morgan fingerprint density at radius 3 is 2.65 bits per heavy atom. The lowest BCUT2D eigenvalue weighted by atomic mass is 10.3. The molecule has 12 heteroatoms. The molecule has 2 amide bonds. The molecule has 1 aliphatic carbocycles. The van der Waals surface area contributed by atoms with Crippen molar-refractivity contribution >= 4 is 29.4 Å². The summed E-state index contributed by atoms with van der Waals surface area (Å²) in [6, 6.07) is 2.23. The van der Waals surface area contributed by atoms with Gasteiger partial charge in [-0.3, -0.25) is 14.9 Å². The van der Waals surface area contributed by atoms with Crippen LogP contribution in [0.25, 0.3) is 0 Å². The molecule has 0 saturated heterocycles. The highest BCUT2D eigenvalue weighted by Crippen LogP contribution is 2.33. The molecule has 0 atom stereocenters. The Bertz CT molecular complexity index is 983. The first-order valence-electron chi connectivity index (χ1n) is 9.44. The molecule has 0 radical (unpaired) electrons. The molecule has 8 nitrogen and oxygen atoms in total. The van der Waals surface area contributed by atoms with Gasteiger partial charge in [-0.2, -0.15) is 13.2 Å². The van der Waals surface area contributed by atoms with Crippen molar-refractivity contribution in [1.29, 1.82) is 0 Å². The number of carbonyl (C=O) groups excluding carboxylic acids is 2. The van der Waals surface area contributed by atoms with E-state index in [1.165, 1.54) is 6.07 Å². The van der Waals surface area contributed by atoms with E-state index in [2.05, 4.69) is 25.6 Å². The third-order valence-corrected chi connectivity index (χ3v) is 4.52. The smallest absolute Gasteiger partial charge is 0.417 e. The standard InChI is InChI=1S/C19H19ClF3N5O3/c1-10-7-14(27-18(26-10)28-15(29)11-3-4-11)16(30)24-5-2-6-31-17-13(20)8-12(9-25-17)19(21,22)23/h7-9,11H,2-6H2,1H3,(H,24,30)(H,26,27,28,29). The summed E-state index contributed by atoms with van der Waals surface area (Å²) in [5.74, 6) is -0.686. The molecule has 166 valence electrons. The molecule has 0 aliphatic heterocycles. The van der Waals surface area contributed by atoms with E-state index < -0.39 is 17.6 Å². The van der Waals surface area contributed by atoms with E-state index in [9.17, 15) is 22.8 Å². The number of carbonyl (C=O) groups is 2. The first-order chi connectivity index (χ1) is 14.6. The number of amides is 2. The quantitative estimate of drug-likeness (QED) is 0.588. The number of anilines is 1. The predicted molar refractivity (Wildman–Crippen MR) is 105 cm³/mol. The Kier molecular flexibility index (Phi) is 6.94. The minimum absolute atomic E-state index is 0.0194. The minimum Gasteiger partial charge on any atom is -0.477 e. The van der Waals surface area contributed by atoms with E-state index in [0.29, 0.717) is 18.3 Å². The number of rotatable bonds is 8. The van der Waals surface area contributed by atoms with Crippen LogP contribution in [0.15, 0.2) is 18.3 Å². The molecular weight excluding hydrogens is 439 g/mol. The van der Waals surface area contributed by atoms with Crippen LogP contribution >= 0.6 is 11.6 Å². The van der Waals surface area contributed by atoms with E-state index in [4.69, 9.17) is 16.3 Å². The first-order valence-corrected chi connectivity index (χ1v) is 9.81. The van der Waals surface area contributed by atoms with E-state index >= 15 is 0 Å². The zero-order valence-electron chi connectivity index (χ0n) is 16.4. The van der Waals surface area contributed by atoms with Gasteiger partial charge in [0, 0.05) is 24.4 Å². The fourth-order valence-electron chi connectivity index (χ4n) is 2.52. The van der Waals surface area contributed by atoms with Crippen LogP contribution in [0, 0.1) is 12.8 Å². The molecule has 2 aromatic rings. The maximum Gasteiger partial charge on any atom is 0.417 e. The molecule has 1 aliphatic rings. The highest BCUT2D eigenvalue weighted by molar-refractivity contribution is 6.31. The molecular formula is C19H19ClF3N5O3. The van der Waals surface area contributed by atoms with Gasteiger partial charge in [0.15, 0.2) is 0 Å². The van der Waals surface area contributed by atoms with Crippen LogP contribution in [0.1, 0.15) is 41.0 Å². The second-order valence-corrected chi connectivity index (χ2v) is 7.36. The number of aryl methyl sites for hydroxylation is 1. The molecule has 0 unspecified atom stereocenters. The Morgan fingerprint density at radius 1 is 1.26 bits per heavy atom. The Labute approximate surface area is 180 Å². The van der Waals surface area contributed by atoms with Crippen LogP contribution in [0.3, 0.4) is 0 Å². The van der Waals surface area contributed by atoms with Crippen LogP contribution < -0.4 is 15.4 Å². The molecule has 3 rings (SSSR count). The summed E-state index contributed by atoms with van der Waals surface area (Å²) in [5.41, 5.74) is -0.338. The second kappa shape index (κ2) is 9.46. The van der Waals surface area contributed by atoms with Crippen LogP contribution in [-0.2, 0) is 11.0 Å². The third kappa shape index (κ3) is 6.51. The molecule has 1 fully saturated rings. The van der Waals surface area contributed by atoms with Gasteiger partial charge in [-0.1, -0.05) is 11.6 Å². The number of pyridine rings is 1. The number of nitrogens with one attached hydrogen (secondary N) is 2. The van der Waals surface area contributed by atoms with Crippen molar-refractivity contribution in [2.45, 2.75) is 32.4 Å². The molecule has 2 N–H and O–H groups in total. The fourth-order valence-corrected chi connectivity index (χ4v) is 2.74. The number of nitrogens with zero attached hydrogens (tertiary/aromatic N) is 3. The van der Waals surface area contributed by atoms with Gasteiger partial charge in [0.1, 0.15) is 10.7 Å². The highest BCUT2D eigenvalue weighted by Gasteiger charge is 2.32. The van der Waals surface area contributed by atoms with E-state index in [0.717, 1.165) is 18.9 Å². The first kappa shape index (κ1) is 22.7. The van der Waals surface area contributed by atoms with Gasteiger partial charge in [-0.15, -0.1) is 0 Å². The van der Waals surface area contributed by atoms with Gasteiger partial charge in [-0.25, -0.2) is 15.0 Å². The SMILES string of the molecule is Cc1cc(C(=O)NCCCOc2ncc(C(F)(F)F)cc2Cl)nc(NC(=O)C2CC2)n1. The number of hydrogen-bond donors (Lipinski definition) is 2. The van der Waals surface area contributed by atoms with E-state index in [1.54, 1.807) is 6.92 Å². The molecule has 0 aromatic carbocycles. The Balaban J connectivity index is 1.46. The number of halogens is 4. The summed E-state index contributed by atoms with van der Waals surface area (Å²) >= 11 is 5.77. The summed E-state index contributed by atoms with van der Waals surface area (Å²) in [6.07, 6.45) is -1.89. The normalized spacial score (nSPS) is 13.6. The van der Waals surface area contributed by atoms with Crippen molar-refractivity contribution in [3.8, 4) is 5.88 Å². The molecule has 2 heterocycles. The van der Waals surface area contributed by atoms with Crippen LogP contribution in [0.5, 0.6) is 5.88 Å². The van der Waals surface area contributed by atoms with E-state index in [-0.39, 0.29) is 47.5 Å². The Hall–Kier alpha value is -2.95. The summed E-state index contributed by atoms with van der Waals surface area (Å²) in [6.45, 7) is 1.97. The second-order valence-electron chi connectivity index (χ2n) is 6.95. The van der Waals surface area contributed by atoms with Crippen molar-refractivity contribution in [3.05, 3.63) is 40.3 Å². The van der Waals surface area contributed by atoms with Gasteiger partial charge in [0.25, 0.3) is 5.91 Å². The van der Waals surface area contributed by atoms with Gasteiger partial charge < -0.3 is 10.1 Å². The lowest BCUT2D eigenvalue weighted by Crippen LogP contribution is -2.27. The largest absolute Gasteiger partial charge is 0.477 e. The van der Waals surface area contributed by atoms with Crippen molar-refractivity contribution in [2.24, 2.45) is 5.92 Å². The van der Waals surface area contributed by atoms with Crippen LogP contribution in [0.2, 0.25) is 5.02 Å². The highest BCUT2D eigenvalue weighted by atomic mass is 35.5. The van der Waals surface area contributed by atoms with Crippen molar-refractivity contribution in [1.82, 2.24) is 20.3 Å². The van der Waals surface area contributed by atoms with Gasteiger partial charge in [0.2, 0.25) is 17.7 Å². The lowest BCUT2D eigenvalue weighted by molar-refractivity contribution is -0.137. The van der Waals surface area contributed by atoms with Gasteiger partial charge in [-0.05, 0) is 38.3 Å².